The largest absolute Gasteiger partial charge is 0.460 e. The van der Waals surface area contributed by atoms with Crippen LogP contribution in [0.3, 0.4) is 0 Å². The molecule has 1 heterocycles. The summed E-state index contributed by atoms with van der Waals surface area (Å²) < 4.78 is 4.62. The summed E-state index contributed by atoms with van der Waals surface area (Å²) in [7, 11) is 0. The van der Waals surface area contributed by atoms with Crippen LogP contribution in [0.4, 0.5) is 0 Å². The molecule has 0 aromatic heterocycles. The molecule has 0 spiro atoms. The molecule has 6 nitrogen and oxygen atoms in total. The first-order chi connectivity index (χ1) is 5.27. The molecule has 0 aromatic rings. The fourth-order valence-electron chi connectivity index (χ4n) is 0.905. The highest BCUT2D eigenvalue weighted by Gasteiger charge is 2.32. The van der Waals surface area contributed by atoms with Crippen LogP contribution in [-0.4, -0.2) is 29.8 Å². The maximum Gasteiger partial charge on any atom is 0.315 e. The van der Waals surface area contributed by atoms with Crippen molar-refractivity contribution in [1.82, 2.24) is 0 Å². The zero-order valence-electron chi connectivity index (χ0n) is 5.67. The zero-order chi connectivity index (χ0) is 8.27. The minimum Gasteiger partial charge on any atom is -0.460 e. The zero-order valence-corrected chi connectivity index (χ0v) is 5.67. The molecule has 1 saturated heterocycles. The molecule has 60 valence electrons. The van der Waals surface area contributed by atoms with Crippen molar-refractivity contribution >= 4 is 5.97 Å². The summed E-state index contributed by atoms with van der Waals surface area (Å²) in [6, 6.07) is -0.753. The van der Waals surface area contributed by atoms with Gasteiger partial charge < -0.3 is 9.84 Å². The van der Waals surface area contributed by atoms with Crippen LogP contribution < -0.4 is 0 Å². The van der Waals surface area contributed by atoms with Crippen molar-refractivity contribution in [2.24, 2.45) is 5.11 Å². The molecule has 2 unspecified atom stereocenters. The molecule has 0 saturated carbocycles. The molecule has 0 aliphatic carbocycles. The van der Waals surface area contributed by atoms with E-state index < -0.39 is 18.1 Å². The van der Waals surface area contributed by atoms with Crippen molar-refractivity contribution in [1.29, 1.82) is 0 Å². The van der Waals surface area contributed by atoms with Crippen molar-refractivity contribution in [3.63, 3.8) is 0 Å². The summed E-state index contributed by atoms with van der Waals surface area (Å²) >= 11 is 0. The molecule has 1 aliphatic rings. The molecular formula is C5H7N3O3. The number of cyclic esters (lactones) is 1. The Bertz CT molecular complexity index is 211. The predicted octanol–water partition coefficient (Wildman–Crippen LogP) is -0.0269. The predicted molar refractivity (Wildman–Crippen MR) is 34.5 cm³/mol. The van der Waals surface area contributed by atoms with Gasteiger partial charge in [-0.2, -0.15) is 0 Å². The molecule has 0 aromatic carbocycles. The van der Waals surface area contributed by atoms with E-state index in [0.29, 0.717) is 0 Å². The lowest BCUT2D eigenvalue weighted by Gasteiger charge is -2.00. The summed E-state index contributed by atoms with van der Waals surface area (Å²) in [6.45, 7) is -0.219. The molecule has 2 atom stereocenters. The fraction of sp³-hybridized carbons (Fsp3) is 0.800. The highest BCUT2D eigenvalue weighted by Crippen LogP contribution is 2.17. The van der Waals surface area contributed by atoms with E-state index in [1.165, 1.54) is 0 Å². The second-order valence-electron chi connectivity index (χ2n) is 2.20. The van der Waals surface area contributed by atoms with Gasteiger partial charge in [0.05, 0.1) is 6.61 Å². The lowest BCUT2D eigenvalue weighted by molar-refractivity contribution is -0.143. The van der Waals surface area contributed by atoms with Crippen molar-refractivity contribution in [2.45, 2.75) is 18.6 Å². The van der Waals surface area contributed by atoms with Gasteiger partial charge in [0.1, 0.15) is 12.1 Å². The van der Waals surface area contributed by atoms with Gasteiger partial charge in [-0.15, -0.1) is 0 Å². The Morgan fingerprint density at radius 2 is 2.64 bits per heavy atom. The van der Waals surface area contributed by atoms with Gasteiger partial charge in [0.15, 0.2) is 0 Å². The Morgan fingerprint density at radius 1 is 1.91 bits per heavy atom. The Balaban J connectivity index is 2.58. The Kier molecular flexibility index (Phi) is 2.30. The highest BCUT2D eigenvalue weighted by atomic mass is 16.6. The Hall–Kier alpha value is -1.26. The van der Waals surface area contributed by atoms with Crippen molar-refractivity contribution in [3.05, 3.63) is 10.4 Å². The van der Waals surface area contributed by atoms with Crippen molar-refractivity contribution < 1.29 is 14.6 Å². The van der Waals surface area contributed by atoms with Crippen LogP contribution in [-0.2, 0) is 9.53 Å². The molecule has 0 radical (unpaired) electrons. The second-order valence-corrected chi connectivity index (χ2v) is 2.20. The molecule has 1 aliphatic heterocycles. The molecule has 0 bridgehead atoms. The number of carbonyl (C=O) groups excluding carboxylic acids is 1. The van der Waals surface area contributed by atoms with E-state index >= 15 is 0 Å². The lowest BCUT2D eigenvalue weighted by atomic mass is 10.2. The highest BCUT2D eigenvalue weighted by molar-refractivity contribution is 5.78. The normalized spacial score (nSPS) is 29.4. The number of azide groups is 1. The summed E-state index contributed by atoms with van der Waals surface area (Å²) in [5.74, 6) is -0.554. The number of esters is 1. The number of nitrogens with zero attached hydrogens (tertiary/aromatic N) is 3. The maximum atomic E-state index is 10.7. The third-order valence-corrected chi connectivity index (χ3v) is 1.44. The van der Waals surface area contributed by atoms with Crippen LogP contribution >= 0.6 is 0 Å². The van der Waals surface area contributed by atoms with E-state index in [1.54, 1.807) is 0 Å². The van der Waals surface area contributed by atoms with Crippen LogP contribution in [0.5, 0.6) is 0 Å². The van der Waals surface area contributed by atoms with Gasteiger partial charge in [-0.05, 0) is 5.53 Å². The summed E-state index contributed by atoms with van der Waals surface area (Å²) in [5, 5.41) is 11.8. The SMILES string of the molecule is [N-]=[N+]=NC1CC(CO)OC1=O. The molecule has 6 heteroatoms. The number of rotatable bonds is 2. The topological polar surface area (TPSA) is 95.3 Å². The number of aliphatic hydroxyl groups is 1. The average molecular weight is 157 g/mol. The van der Waals surface area contributed by atoms with Crippen LogP contribution in [0.25, 0.3) is 10.4 Å². The van der Waals surface area contributed by atoms with Crippen molar-refractivity contribution in [2.75, 3.05) is 6.61 Å². The first-order valence-corrected chi connectivity index (χ1v) is 3.13. The van der Waals surface area contributed by atoms with E-state index in [2.05, 4.69) is 14.8 Å². The van der Waals surface area contributed by atoms with E-state index in [1.807, 2.05) is 0 Å². The first kappa shape index (κ1) is 7.84. The third-order valence-electron chi connectivity index (χ3n) is 1.44. The second kappa shape index (κ2) is 3.23. The van der Waals surface area contributed by atoms with E-state index in [4.69, 9.17) is 10.6 Å². The quantitative estimate of drug-likeness (QED) is 0.264. The van der Waals surface area contributed by atoms with Crippen LogP contribution in [0.2, 0.25) is 0 Å². The van der Waals surface area contributed by atoms with Gasteiger partial charge in [0, 0.05) is 11.3 Å². The number of hydrogen-bond acceptors (Lipinski definition) is 4. The smallest absolute Gasteiger partial charge is 0.315 e. The molecule has 1 N–H and O–H groups in total. The van der Waals surface area contributed by atoms with Gasteiger partial charge in [-0.1, -0.05) is 5.11 Å². The number of aliphatic hydroxyl groups excluding tert-OH is 1. The van der Waals surface area contributed by atoms with Gasteiger partial charge >= 0.3 is 5.97 Å². The van der Waals surface area contributed by atoms with Crippen LogP contribution in [0, 0.1) is 0 Å². The van der Waals surface area contributed by atoms with Crippen LogP contribution in [0.1, 0.15) is 6.42 Å². The Labute approximate surface area is 62.4 Å². The van der Waals surface area contributed by atoms with E-state index in [9.17, 15) is 4.79 Å². The van der Waals surface area contributed by atoms with Crippen LogP contribution in [0.15, 0.2) is 5.11 Å². The monoisotopic (exact) mass is 157 g/mol. The molecular weight excluding hydrogens is 150 g/mol. The lowest BCUT2D eigenvalue weighted by Crippen LogP contribution is -2.10. The fourth-order valence-corrected chi connectivity index (χ4v) is 0.905. The minimum absolute atomic E-state index is 0.219. The number of ether oxygens (including phenoxy) is 1. The van der Waals surface area contributed by atoms with Crippen molar-refractivity contribution in [3.8, 4) is 0 Å². The molecule has 1 rings (SSSR count). The molecule has 0 amide bonds. The maximum absolute atomic E-state index is 10.7. The number of carbonyl (C=O) groups is 1. The first-order valence-electron chi connectivity index (χ1n) is 3.13. The van der Waals surface area contributed by atoms with E-state index in [0.717, 1.165) is 0 Å². The van der Waals surface area contributed by atoms with Gasteiger partial charge in [-0.3, -0.25) is 4.79 Å². The average Bonchev–Trinajstić information content (AvgIpc) is 2.33. The van der Waals surface area contributed by atoms with Gasteiger partial charge in [-0.25, -0.2) is 0 Å². The van der Waals surface area contributed by atoms with E-state index in [-0.39, 0.29) is 13.0 Å². The van der Waals surface area contributed by atoms with Gasteiger partial charge in [0.2, 0.25) is 0 Å². The standard InChI is InChI=1S/C5H7N3O3/c6-8-7-4-1-3(2-9)11-5(4)10/h3-4,9H,1-2H2. The molecule has 1 fully saturated rings. The molecule has 11 heavy (non-hydrogen) atoms. The minimum atomic E-state index is -0.753. The van der Waals surface area contributed by atoms with Gasteiger partial charge in [0.25, 0.3) is 0 Å². The Morgan fingerprint density at radius 3 is 3.09 bits per heavy atom. The number of hydrogen-bond donors (Lipinski definition) is 1. The summed E-state index contributed by atoms with van der Waals surface area (Å²) in [4.78, 5) is 13.2. The summed E-state index contributed by atoms with van der Waals surface area (Å²) in [5.41, 5.74) is 7.99. The summed E-state index contributed by atoms with van der Waals surface area (Å²) in [6.07, 6.45) is -0.225. The third kappa shape index (κ3) is 1.60.